The van der Waals surface area contributed by atoms with Gasteiger partial charge in [-0.25, -0.2) is 4.79 Å². The van der Waals surface area contributed by atoms with Gasteiger partial charge >= 0.3 is 6.03 Å². The Morgan fingerprint density at radius 3 is 2.75 bits per heavy atom. The van der Waals surface area contributed by atoms with E-state index >= 15 is 0 Å². The van der Waals surface area contributed by atoms with Gasteiger partial charge in [0.15, 0.2) is 0 Å². The van der Waals surface area contributed by atoms with Gasteiger partial charge < -0.3 is 20.4 Å². The second-order valence-electron chi connectivity index (χ2n) is 10.3. The van der Waals surface area contributed by atoms with E-state index in [-0.39, 0.29) is 17.4 Å². The Balaban J connectivity index is 2.04. The fraction of sp³-hybridized carbons (Fsp3) is 0.577. The molecule has 1 aliphatic carbocycles. The standard InChI is InChI=1S/C26H36ClN3O2/c1-25(2,3)13-10-20-8-9-21(17-23(20)27)26-12-5-4-7-19(11-14-28)22(26)18-30(15-6-16-31)24(32)29-26/h8-9,14,16-19,28H,4-7,10-13,15H2,1-3H3,(H,29,32). The first-order valence-electron chi connectivity index (χ1n) is 11.7. The first-order valence-corrected chi connectivity index (χ1v) is 12.1. The normalized spacial score (nSPS) is 23.6. The van der Waals surface area contributed by atoms with Crippen LogP contribution in [0.25, 0.3) is 0 Å². The molecule has 1 aliphatic heterocycles. The maximum atomic E-state index is 13.1. The van der Waals surface area contributed by atoms with Crippen LogP contribution in [0.15, 0.2) is 30.0 Å². The van der Waals surface area contributed by atoms with Gasteiger partial charge in [0, 0.05) is 24.2 Å². The lowest BCUT2D eigenvalue weighted by Crippen LogP contribution is -2.56. The lowest BCUT2D eigenvalue weighted by molar-refractivity contribution is -0.107. The van der Waals surface area contributed by atoms with Gasteiger partial charge in [-0.3, -0.25) is 0 Å². The Morgan fingerprint density at radius 2 is 2.09 bits per heavy atom. The van der Waals surface area contributed by atoms with E-state index in [1.165, 1.54) is 6.21 Å². The van der Waals surface area contributed by atoms with Crippen LogP contribution in [-0.4, -0.2) is 30.0 Å². The second-order valence-corrected chi connectivity index (χ2v) is 10.7. The fourth-order valence-electron chi connectivity index (χ4n) is 4.91. The van der Waals surface area contributed by atoms with Gasteiger partial charge in [0.25, 0.3) is 0 Å². The average molecular weight is 458 g/mol. The van der Waals surface area contributed by atoms with Crippen molar-refractivity contribution in [3.05, 3.63) is 46.1 Å². The summed E-state index contributed by atoms with van der Waals surface area (Å²) >= 11 is 6.76. The summed E-state index contributed by atoms with van der Waals surface area (Å²) in [6, 6.07) is 6.07. The molecule has 6 heteroatoms. The van der Waals surface area contributed by atoms with Gasteiger partial charge in [0.2, 0.25) is 0 Å². The monoisotopic (exact) mass is 457 g/mol. The highest BCUT2D eigenvalue weighted by molar-refractivity contribution is 6.31. The number of halogens is 1. The molecule has 5 nitrogen and oxygen atoms in total. The Bertz CT molecular complexity index is 890. The first-order chi connectivity index (χ1) is 15.2. The van der Waals surface area contributed by atoms with E-state index in [9.17, 15) is 9.59 Å². The number of carbonyl (C=O) groups is 2. The van der Waals surface area contributed by atoms with Gasteiger partial charge in [-0.1, -0.05) is 57.3 Å². The summed E-state index contributed by atoms with van der Waals surface area (Å²) in [5, 5.41) is 11.8. The lowest BCUT2D eigenvalue weighted by Gasteiger charge is -2.44. The number of aldehydes is 1. The molecular weight excluding hydrogens is 422 g/mol. The minimum atomic E-state index is -0.620. The summed E-state index contributed by atoms with van der Waals surface area (Å²) in [4.78, 5) is 25.6. The van der Waals surface area contributed by atoms with Crippen LogP contribution >= 0.6 is 11.6 Å². The molecule has 1 aromatic rings. The largest absolute Gasteiger partial charge is 0.324 e. The molecule has 174 valence electrons. The number of benzene rings is 1. The van der Waals surface area contributed by atoms with E-state index in [4.69, 9.17) is 17.0 Å². The second kappa shape index (κ2) is 10.2. The van der Waals surface area contributed by atoms with Crippen LogP contribution < -0.4 is 5.32 Å². The minimum Gasteiger partial charge on any atom is -0.324 e. The molecule has 1 saturated carbocycles. The Morgan fingerprint density at radius 1 is 1.31 bits per heavy atom. The van der Waals surface area contributed by atoms with E-state index in [2.05, 4.69) is 38.2 Å². The zero-order valence-electron chi connectivity index (χ0n) is 19.5. The molecule has 1 fully saturated rings. The molecule has 1 heterocycles. The predicted octanol–water partition coefficient (Wildman–Crippen LogP) is 6.24. The molecule has 2 aliphatic rings. The predicted molar refractivity (Wildman–Crippen MR) is 130 cm³/mol. The van der Waals surface area contributed by atoms with Crippen molar-refractivity contribution in [3.8, 4) is 0 Å². The van der Waals surface area contributed by atoms with Gasteiger partial charge in [0.1, 0.15) is 6.29 Å². The summed E-state index contributed by atoms with van der Waals surface area (Å²) in [5.41, 5.74) is 2.88. The first kappa shape index (κ1) is 24.5. The maximum absolute atomic E-state index is 13.1. The van der Waals surface area contributed by atoms with Crippen molar-refractivity contribution >= 4 is 30.1 Å². The molecule has 0 bridgehead atoms. The van der Waals surface area contributed by atoms with Gasteiger partial charge in [0.05, 0.1) is 5.54 Å². The molecule has 2 atom stereocenters. The molecule has 3 rings (SSSR count). The number of hydrogen-bond acceptors (Lipinski definition) is 3. The summed E-state index contributed by atoms with van der Waals surface area (Å²) in [6.07, 6.45) is 11.0. The number of amides is 2. The molecular formula is C26H36ClN3O2. The van der Waals surface area contributed by atoms with Crippen LogP contribution in [0.3, 0.4) is 0 Å². The van der Waals surface area contributed by atoms with Crippen molar-refractivity contribution < 1.29 is 9.59 Å². The van der Waals surface area contributed by atoms with Crippen LogP contribution in [0, 0.1) is 16.7 Å². The average Bonchev–Trinajstić information content (AvgIpc) is 2.90. The summed E-state index contributed by atoms with van der Waals surface area (Å²) in [5.74, 6) is 0.175. The van der Waals surface area contributed by atoms with Gasteiger partial charge in [-0.05, 0) is 72.4 Å². The number of rotatable bonds is 8. The van der Waals surface area contributed by atoms with Crippen LogP contribution in [0.4, 0.5) is 4.79 Å². The Kier molecular flexibility index (Phi) is 7.81. The number of urea groups is 1. The number of carbonyl (C=O) groups excluding carboxylic acids is 2. The van der Waals surface area contributed by atoms with Crippen LogP contribution in [-0.2, 0) is 16.8 Å². The zero-order chi connectivity index (χ0) is 23.4. The van der Waals surface area contributed by atoms with Crippen molar-refractivity contribution in [1.82, 2.24) is 10.2 Å². The SMILES string of the molecule is CC(C)(C)CCc1ccc(C23CCCCC(CC=N)C2=CN(CCC=O)C(=O)N3)cc1Cl. The van der Waals surface area contributed by atoms with Crippen LogP contribution in [0.1, 0.15) is 76.8 Å². The minimum absolute atomic E-state index is 0.175. The highest BCUT2D eigenvalue weighted by Crippen LogP contribution is 2.46. The zero-order valence-corrected chi connectivity index (χ0v) is 20.3. The third-order valence-corrected chi connectivity index (χ3v) is 7.10. The van der Waals surface area contributed by atoms with Crippen LogP contribution in [0.5, 0.6) is 0 Å². The fourth-order valence-corrected chi connectivity index (χ4v) is 5.19. The van der Waals surface area contributed by atoms with Crippen molar-refractivity contribution in [1.29, 1.82) is 5.41 Å². The summed E-state index contributed by atoms with van der Waals surface area (Å²) in [6.45, 7) is 7.05. The van der Waals surface area contributed by atoms with Crippen molar-refractivity contribution in [2.75, 3.05) is 6.54 Å². The van der Waals surface area contributed by atoms with E-state index in [1.54, 1.807) is 4.90 Å². The molecule has 1 aromatic carbocycles. The lowest BCUT2D eigenvalue weighted by atomic mass is 9.73. The highest BCUT2D eigenvalue weighted by atomic mass is 35.5. The third kappa shape index (κ3) is 5.43. The number of nitrogens with zero attached hydrogens (tertiary/aromatic N) is 1. The number of aryl methyl sites for hydroxylation is 1. The van der Waals surface area contributed by atoms with Crippen molar-refractivity contribution in [3.63, 3.8) is 0 Å². The molecule has 0 saturated heterocycles. The number of fused-ring (bicyclic) bond motifs is 1. The Labute approximate surface area is 197 Å². The molecule has 0 radical (unpaired) electrons. The van der Waals surface area contributed by atoms with Gasteiger partial charge in [-0.2, -0.15) is 0 Å². The van der Waals surface area contributed by atoms with Crippen molar-refractivity contribution in [2.24, 2.45) is 11.3 Å². The third-order valence-electron chi connectivity index (χ3n) is 6.74. The Hall–Kier alpha value is -2.14. The van der Waals surface area contributed by atoms with Crippen molar-refractivity contribution in [2.45, 2.75) is 77.7 Å². The molecule has 2 N–H and O–H groups in total. The summed E-state index contributed by atoms with van der Waals surface area (Å²) in [7, 11) is 0. The van der Waals surface area contributed by atoms with E-state index in [0.29, 0.717) is 19.4 Å². The highest BCUT2D eigenvalue weighted by Gasteiger charge is 2.45. The molecule has 2 unspecified atom stereocenters. The number of hydrogen-bond donors (Lipinski definition) is 2. The smallest absolute Gasteiger partial charge is 0.322 e. The number of nitrogens with one attached hydrogen (secondary N) is 2. The summed E-state index contributed by atoms with van der Waals surface area (Å²) < 4.78 is 0. The molecule has 2 amide bonds. The molecule has 0 aromatic heterocycles. The molecule has 0 spiro atoms. The van der Waals surface area contributed by atoms with E-state index in [0.717, 1.165) is 66.5 Å². The quantitative estimate of drug-likeness (QED) is 0.358. The van der Waals surface area contributed by atoms with Gasteiger partial charge in [-0.15, -0.1) is 0 Å². The van der Waals surface area contributed by atoms with Crippen LogP contribution in [0.2, 0.25) is 5.02 Å². The topological polar surface area (TPSA) is 73.3 Å². The molecule has 32 heavy (non-hydrogen) atoms. The maximum Gasteiger partial charge on any atom is 0.322 e. The van der Waals surface area contributed by atoms with E-state index < -0.39 is 5.54 Å². The van der Waals surface area contributed by atoms with E-state index in [1.807, 2.05) is 12.3 Å².